The zero-order chi connectivity index (χ0) is 25.3. The predicted octanol–water partition coefficient (Wildman–Crippen LogP) is 10.4. The van der Waals surface area contributed by atoms with Gasteiger partial charge in [-0.15, -0.1) is 0 Å². The molecule has 0 N–H and O–H groups in total. The van der Waals surface area contributed by atoms with Crippen molar-refractivity contribution in [3.63, 3.8) is 0 Å². The highest BCUT2D eigenvalue weighted by atomic mass is 31.2. The van der Waals surface area contributed by atoms with Gasteiger partial charge < -0.3 is 13.8 Å². The van der Waals surface area contributed by atoms with E-state index in [4.69, 9.17) is 13.8 Å². The molecule has 1 aliphatic rings. The van der Waals surface area contributed by atoms with E-state index >= 15 is 0 Å². The maximum absolute atomic E-state index is 6.43. The van der Waals surface area contributed by atoms with Crippen LogP contribution in [0.25, 0.3) is 11.1 Å². The molecule has 1 atom stereocenters. The molecule has 1 unspecified atom stereocenters. The number of fused-ring (bicyclic) bond motifs is 3. The maximum atomic E-state index is 6.43. The van der Waals surface area contributed by atoms with Crippen molar-refractivity contribution in [2.45, 2.75) is 117 Å². The third-order valence-corrected chi connectivity index (χ3v) is 8.61. The summed E-state index contributed by atoms with van der Waals surface area (Å²) < 4.78 is 19.2. The number of ether oxygens (including phenoxy) is 1. The van der Waals surface area contributed by atoms with E-state index < -0.39 is 8.38 Å². The summed E-state index contributed by atoms with van der Waals surface area (Å²) in [4.78, 5) is 0. The van der Waals surface area contributed by atoms with Gasteiger partial charge in [0.25, 0.3) is 8.38 Å². The Hall–Kier alpha value is -1.57. The first-order valence-corrected chi connectivity index (χ1v) is 16.0. The van der Waals surface area contributed by atoms with Crippen LogP contribution >= 0.6 is 8.38 Å². The Morgan fingerprint density at radius 3 is 1.81 bits per heavy atom. The third-order valence-electron chi connectivity index (χ3n) is 7.00. The van der Waals surface area contributed by atoms with Gasteiger partial charge in [0.05, 0.1) is 18.5 Å². The number of para-hydroxylation sites is 1. The number of hydrogen-bond donors (Lipinski definition) is 0. The molecule has 2 aromatic rings. The molecule has 1 aliphatic heterocycles. The Morgan fingerprint density at radius 1 is 0.583 bits per heavy atom. The molecule has 4 heteroatoms. The van der Waals surface area contributed by atoms with Crippen molar-refractivity contribution in [1.82, 2.24) is 0 Å². The highest BCUT2D eigenvalue weighted by Gasteiger charge is 2.31. The summed E-state index contributed by atoms with van der Waals surface area (Å²) in [6.45, 7) is 6.05. The summed E-state index contributed by atoms with van der Waals surface area (Å²) in [5.74, 6) is 1.86. The van der Waals surface area contributed by atoms with Crippen LogP contribution in [0.15, 0.2) is 42.5 Å². The minimum Gasteiger partial charge on any atom is -0.493 e. The Kier molecular flexibility index (Phi) is 14.3. The van der Waals surface area contributed by atoms with Gasteiger partial charge in [-0.25, -0.2) is 0 Å². The molecule has 3 nitrogen and oxygen atoms in total. The van der Waals surface area contributed by atoms with E-state index in [1.807, 2.05) is 6.07 Å². The van der Waals surface area contributed by atoms with Crippen LogP contribution in [0.4, 0.5) is 0 Å². The van der Waals surface area contributed by atoms with Crippen LogP contribution in [-0.4, -0.2) is 13.2 Å². The zero-order valence-electron chi connectivity index (χ0n) is 22.9. The van der Waals surface area contributed by atoms with Crippen LogP contribution in [0.5, 0.6) is 11.5 Å². The fraction of sp³-hybridized carbons (Fsp3) is 0.625. The van der Waals surface area contributed by atoms with Crippen molar-refractivity contribution in [2.24, 2.45) is 0 Å². The van der Waals surface area contributed by atoms with Gasteiger partial charge in [0.15, 0.2) is 0 Å². The van der Waals surface area contributed by atoms with Crippen LogP contribution in [-0.2, 0) is 4.52 Å². The minimum atomic E-state index is -1.19. The molecule has 1 heterocycles. The Bertz CT molecular complexity index is 853. The van der Waals surface area contributed by atoms with E-state index in [1.165, 1.54) is 95.5 Å². The molecule has 36 heavy (non-hydrogen) atoms. The second-order valence-corrected chi connectivity index (χ2v) is 11.5. The molecule has 200 valence electrons. The van der Waals surface area contributed by atoms with E-state index in [-0.39, 0.29) is 0 Å². The Balaban J connectivity index is 1.50. The van der Waals surface area contributed by atoms with Crippen LogP contribution < -0.4 is 14.6 Å². The first kappa shape index (κ1) is 29.0. The lowest BCUT2D eigenvalue weighted by molar-refractivity contribution is 0.297. The molecular weight excluding hydrogens is 463 g/mol. The SMILES string of the molecule is CCCCCCCCCCOc1cccc2c1P(OCCCCCCCCCC)Oc1ccccc1-2. The summed E-state index contributed by atoms with van der Waals surface area (Å²) in [6, 6.07) is 14.7. The van der Waals surface area contributed by atoms with Crippen molar-refractivity contribution >= 4 is 13.7 Å². The van der Waals surface area contributed by atoms with Gasteiger partial charge in [-0.1, -0.05) is 134 Å². The second-order valence-electron chi connectivity index (χ2n) is 10.1. The molecule has 3 rings (SSSR count). The quantitative estimate of drug-likeness (QED) is 0.130. The fourth-order valence-electron chi connectivity index (χ4n) is 4.84. The van der Waals surface area contributed by atoms with E-state index in [0.717, 1.165) is 48.4 Å². The fourth-order valence-corrected chi connectivity index (χ4v) is 6.46. The van der Waals surface area contributed by atoms with E-state index in [2.05, 4.69) is 50.2 Å². The average Bonchev–Trinajstić information content (AvgIpc) is 2.91. The third kappa shape index (κ3) is 9.71. The first-order valence-electron chi connectivity index (χ1n) is 14.8. The van der Waals surface area contributed by atoms with Crippen molar-refractivity contribution in [2.75, 3.05) is 13.2 Å². The lowest BCUT2D eigenvalue weighted by Crippen LogP contribution is -2.19. The predicted molar refractivity (Wildman–Crippen MR) is 156 cm³/mol. The first-order chi connectivity index (χ1) is 17.8. The van der Waals surface area contributed by atoms with Crippen LogP contribution in [0.2, 0.25) is 0 Å². The molecule has 0 aliphatic carbocycles. The summed E-state index contributed by atoms with van der Waals surface area (Å²) >= 11 is 0. The van der Waals surface area contributed by atoms with Gasteiger partial charge in [0.1, 0.15) is 11.5 Å². The number of benzene rings is 2. The smallest absolute Gasteiger partial charge is 0.269 e. The zero-order valence-corrected chi connectivity index (χ0v) is 23.8. The molecule has 0 bridgehead atoms. The molecule has 0 fully saturated rings. The molecule has 0 saturated carbocycles. The van der Waals surface area contributed by atoms with Crippen LogP contribution in [0.1, 0.15) is 117 Å². The van der Waals surface area contributed by atoms with Gasteiger partial charge in [-0.3, -0.25) is 0 Å². The molecule has 0 saturated heterocycles. The minimum absolute atomic E-state index is 0.745. The largest absolute Gasteiger partial charge is 0.493 e. The summed E-state index contributed by atoms with van der Waals surface area (Å²) in [5.41, 5.74) is 2.34. The molecule has 0 amide bonds. The van der Waals surface area contributed by atoms with Crippen molar-refractivity contribution in [3.8, 4) is 22.6 Å². The van der Waals surface area contributed by atoms with Crippen molar-refractivity contribution in [3.05, 3.63) is 42.5 Å². The molecule has 0 radical (unpaired) electrons. The number of rotatable bonds is 20. The second kappa shape index (κ2) is 17.8. The van der Waals surface area contributed by atoms with Gasteiger partial charge in [0.2, 0.25) is 0 Å². The highest BCUT2D eigenvalue weighted by molar-refractivity contribution is 7.57. The van der Waals surface area contributed by atoms with E-state index in [1.54, 1.807) is 0 Å². The number of unbranched alkanes of at least 4 members (excludes halogenated alkanes) is 14. The molecule has 0 aromatic heterocycles. The van der Waals surface area contributed by atoms with Crippen molar-refractivity contribution < 1.29 is 13.8 Å². The standard InChI is InChI=1S/C32H49O3P/c1-3-5-7-9-11-13-15-19-26-33-31-25-21-23-29-28-22-17-18-24-30(28)35-36(32(29)31)34-27-20-16-14-12-10-8-6-4-2/h17-18,21-25H,3-16,19-20,26-27H2,1-2H3. The number of hydrogen-bond acceptors (Lipinski definition) is 3. The van der Waals surface area contributed by atoms with Gasteiger partial charge in [0, 0.05) is 11.1 Å². The molecule has 2 aromatic carbocycles. The highest BCUT2D eigenvalue weighted by Crippen LogP contribution is 2.51. The normalized spacial score (nSPS) is 14.2. The van der Waals surface area contributed by atoms with E-state index in [0.29, 0.717) is 0 Å². The van der Waals surface area contributed by atoms with Crippen LogP contribution in [0, 0.1) is 0 Å². The topological polar surface area (TPSA) is 27.7 Å². The Morgan fingerprint density at radius 2 is 1.14 bits per heavy atom. The average molecular weight is 513 g/mol. The van der Waals surface area contributed by atoms with E-state index in [9.17, 15) is 0 Å². The van der Waals surface area contributed by atoms with Crippen molar-refractivity contribution in [1.29, 1.82) is 0 Å². The monoisotopic (exact) mass is 512 g/mol. The molecular formula is C32H49O3P. The van der Waals surface area contributed by atoms with Gasteiger partial charge in [-0.05, 0) is 25.0 Å². The summed E-state index contributed by atoms with van der Waals surface area (Å²) in [5, 5.41) is 1.12. The lowest BCUT2D eigenvalue weighted by Gasteiger charge is -2.28. The lowest BCUT2D eigenvalue weighted by atomic mass is 10.0. The maximum Gasteiger partial charge on any atom is 0.269 e. The summed E-state index contributed by atoms with van der Waals surface area (Å²) in [7, 11) is -1.19. The molecule has 0 spiro atoms. The Labute approximate surface area is 222 Å². The summed E-state index contributed by atoms with van der Waals surface area (Å²) in [6.07, 6.45) is 20.8. The van der Waals surface area contributed by atoms with Gasteiger partial charge in [-0.2, -0.15) is 0 Å². The van der Waals surface area contributed by atoms with Crippen LogP contribution in [0.3, 0.4) is 0 Å². The van der Waals surface area contributed by atoms with Gasteiger partial charge >= 0.3 is 0 Å².